The number of nitrogens with two attached hydrogens (primary N) is 2. The molecular formula is C10H12N2O4. The Morgan fingerprint density at radius 2 is 1.31 bits per heavy atom. The molecule has 0 saturated carbocycles. The average Bonchev–Trinajstić information content (AvgIpc) is 2.26. The highest BCUT2D eigenvalue weighted by Crippen LogP contribution is 2.28. The van der Waals surface area contributed by atoms with Crippen LogP contribution in [-0.4, -0.2) is 26.0 Å². The molecule has 0 unspecified atom stereocenters. The van der Waals surface area contributed by atoms with Gasteiger partial charge < -0.3 is 20.9 Å². The number of benzene rings is 1. The summed E-state index contributed by atoms with van der Waals surface area (Å²) in [7, 11) is 2.76. The van der Waals surface area contributed by atoms with Gasteiger partial charge in [0.1, 0.15) is 11.5 Å². The number of rotatable bonds is 4. The highest BCUT2D eigenvalue weighted by atomic mass is 16.5. The van der Waals surface area contributed by atoms with Crippen LogP contribution in [-0.2, 0) is 0 Å². The van der Waals surface area contributed by atoms with Gasteiger partial charge in [0.15, 0.2) is 0 Å². The number of amides is 2. The van der Waals surface area contributed by atoms with Gasteiger partial charge in [0.2, 0.25) is 0 Å². The Bertz CT molecular complexity index is 405. The molecule has 0 heterocycles. The molecule has 6 nitrogen and oxygen atoms in total. The van der Waals surface area contributed by atoms with Crippen molar-refractivity contribution in [3.63, 3.8) is 0 Å². The SMILES string of the molecule is COc1cc(OC)c(C(N)=O)cc1C(N)=O. The molecule has 2 amide bonds. The maximum atomic E-state index is 11.1. The molecule has 0 atom stereocenters. The fraction of sp³-hybridized carbons (Fsp3) is 0.200. The minimum Gasteiger partial charge on any atom is -0.496 e. The average molecular weight is 224 g/mol. The summed E-state index contributed by atoms with van der Waals surface area (Å²) >= 11 is 0. The lowest BCUT2D eigenvalue weighted by Crippen LogP contribution is -2.17. The molecule has 0 aliphatic rings. The van der Waals surface area contributed by atoms with Gasteiger partial charge in [-0.3, -0.25) is 9.59 Å². The van der Waals surface area contributed by atoms with Crippen LogP contribution in [0.5, 0.6) is 11.5 Å². The lowest BCUT2D eigenvalue weighted by molar-refractivity contribution is 0.0996. The van der Waals surface area contributed by atoms with E-state index in [9.17, 15) is 9.59 Å². The van der Waals surface area contributed by atoms with Gasteiger partial charge in [-0.15, -0.1) is 0 Å². The summed E-state index contributed by atoms with van der Waals surface area (Å²) in [5.41, 5.74) is 10.4. The van der Waals surface area contributed by atoms with Gasteiger partial charge in [0.05, 0.1) is 25.3 Å². The Kier molecular flexibility index (Phi) is 3.34. The van der Waals surface area contributed by atoms with Gasteiger partial charge in [-0.1, -0.05) is 0 Å². The summed E-state index contributed by atoms with van der Waals surface area (Å²) in [6.07, 6.45) is 0. The second-order valence-corrected chi connectivity index (χ2v) is 2.98. The monoisotopic (exact) mass is 224 g/mol. The zero-order valence-electron chi connectivity index (χ0n) is 8.94. The molecule has 1 aromatic rings. The third-order valence-corrected chi connectivity index (χ3v) is 2.05. The van der Waals surface area contributed by atoms with Gasteiger partial charge in [-0.2, -0.15) is 0 Å². The van der Waals surface area contributed by atoms with Gasteiger partial charge in [0, 0.05) is 6.07 Å². The molecule has 0 spiro atoms. The van der Waals surface area contributed by atoms with E-state index in [4.69, 9.17) is 20.9 Å². The molecule has 0 bridgehead atoms. The van der Waals surface area contributed by atoms with Crippen molar-refractivity contribution in [1.82, 2.24) is 0 Å². The number of hydrogen-bond donors (Lipinski definition) is 2. The summed E-state index contributed by atoms with van der Waals surface area (Å²) in [6.45, 7) is 0. The molecule has 16 heavy (non-hydrogen) atoms. The molecule has 6 heteroatoms. The number of carbonyl (C=O) groups excluding carboxylic acids is 2. The predicted molar refractivity (Wildman–Crippen MR) is 56.6 cm³/mol. The van der Waals surface area contributed by atoms with Crippen LogP contribution in [0.4, 0.5) is 0 Å². The molecule has 4 N–H and O–H groups in total. The molecule has 0 saturated heterocycles. The van der Waals surface area contributed by atoms with Gasteiger partial charge in [0.25, 0.3) is 11.8 Å². The number of methoxy groups -OCH3 is 2. The Hall–Kier alpha value is -2.24. The van der Waals surface area contributed by atoms with Gasteiger partial charge in [-0.25, -0.2) is 0 Å². The zero-order valence-corrected chi connectivity index (χ0v) is 8.94. The van der Waals surface area contributed by atoms with Gasteiger partial charge in [-0.05, 0) is 6.07 Å². The molecule has 86 valence electrons. The van der Waals surface area contributed by atoms with Crippen molar-refractivity contribution >= 4 is 11.8 Å². The summed E-state index contributed by atoms with van der Waals surface area (Å²) < 4.78 is 9.90. The standard InChI is InChI=1S/C10H12N2O4/c1-15-7-4-8(16-2)6(10(12)14)3-5(7)9(11)13/h3-4H,1-2H3,(H2,11,13)(H2,12,14). The van der Waals surface area contributed by atoms with E-state index in [-0.39, 0.29) is 22.6 Å². The minimum absolute atomic E-state index is 0.0806. The highest BCUT2D eigenvalue weighted by Gasteiger charge is 2.17. The number of carbonyl (C=O) groups is 2. The van der Waals surface area contributed by atoms with Crippen LogP contribution in [0.15, 0.2) is 12.1 Å². The first-order valence-electron chi connectivity index (χ1n) is 4.37. The van der Waals surface area contributed by atoms with Crippen molar-refractivity contribution < 1.29 is 19.1 Å². The van der Waals surface area contributed by atoms with Crippen LogP contribution in [0.3, 0.4) is 0 Å². The van der Waals surface area contributed by atoms with Crippen molar-refractivity contribution in [2.75, 3.05) is 14.2 Å². The fourth-order valence-corrected chi connectivity index (χ4v) is 1.28. The Labute approximate surface area is 92.1 Å². The fourth-order valence-electron chi connectivity index (χ4n) is 1.28. The second kappa shape index (κ2) is 4.52. The van der Waals surface area contributed by atoms with E-state index in [1.165, 1.54) is 26.4 Å². The Morgan fingerprint density at radius 1 is 0.938 bits per heavy atom. The Balaban J connectivity index is 3.46. The summed E-state index contributed by atoms with van der Waals surface area (Å²) in [6, 6.07) is 2.64. The molecule has 1 rings (SSSR count). The number of primary amides is 2. The molecule has 1 aromatic carbocycles. The van der Waals surface area contributed by atoms with Crippen molar-refractivity contribution in [2.45, 2.75) is 0 Å². The summed E-state index contributed by atoms with van der Waals surface area (Å²) in [5, 5.41) is 0. The van der Waals surface area contributed by atoms with E-state index in [1.807, 2.05) is 0 Å². The van der Waals surface area contributed by atoms with Crippen LogP contribution in [0, 0.1) is 0 Å². The highest BCUT2D eigenvalue weighted by molar-refractivity contribution is 6.02. The quantitative estimate of drug-likeness (QED) is 0.745. The van der Waals surface area contributed by atoms with E-state index < -0.39 is 11.8 Å². The van der Waals surface area contributed by atoms with Crippen LogP contribution in [0.2, 0.25) is 0 Å². The van der Waals surface area contributed by atoms with E-state index in [0.29, 0.717) is 0 Å². The smallest absolute Gasteiger partial charge is 0.252 e. The first-order valence-corrected chi connectivity index (χ1v) is 4.37. The largest absolute Gasteiger partial charge is 0.496 e. The Morgan fingerprint density at radius 3 is 1.56 bits per heavy atom. The van der Waals surface area contributed by atoms with Crippen LogP contribution >= 0.6 is 0 Å². The van der Waals surface area contributed by atoms with Crippen molar-refractivity contribution in [2.24, 2.45) is 11.5 Å². The molecule has 0 fully saturated rings. The normalized spacial score (nSPS) is 9.62. The van der Waals surface area contributed by atoms with E-state index >= 15 is 0 Å². The van der Waals surface area contributed by atoms with Crippen LogP contribution < -0.4 is 20.9 Å². The van der Waals surface area contributed by atoms with E-state index in [1.54, 1.807) is 0 Å². The first kappa shape index (κ1) is 11.8. The molecule has 0 aliphatic heterocycles. The van der Waals surface area contributed by atoms with Crippen molar-refractivity contribution in [1.29, 1.82) is 0 Å². The predicted octanol–water partition coefficient (Wildman–Crippen LogP) is -0.0984. The van der Waals surface area contributed by atoms with Crippen molar-refractivity contribution in [3.8, 4) is 11.5 Å². The molecular weight excluding hydrogens is 212 g/mol. The van der Waals surface area contributed by atoms with Crippen LogP contribution in [0.25, 0.3) is 0 Å². The molecule has 0 radical (unpaired) electrons. The lowest BCUT2D eigenvalue weighted by atomic mass is 10.1. The third kappa shape index (κ3) is 2.05. The number of ether oxygens (including phenoxy) is 2. The summed E-state index contributed by atoms with van der Waals surface area (Å²) in [4.78, 5) is 22.2. The first-order chi connectivity index (χ1) is 7.51. The molecule has 0 aromatic heterocycles. The number of hydrogen-bond acceptors (Lipinski definition) is 4. The van der Waals surface area contributed by atoms with Crippen LogP contribution in [0.1, 0.15) is 20.7 Å². The maximum Gasteiger partial charge on any atom is 0.252 e. The van der Waals surface area contributed by atoms with Gasteiger partial charge >= 0.3 is 0 Å². The van der Waals surface area contributed by atoms with Crippen molar-refractivity contribution in [3.05, 3.63) is 23.3 Å². The summed E-state index contributed by atoms with van der Waals surface area (Å²) in [5.74, 6) is -0.951. The van der Waals surface area contributed by atoms with E-state index in [0.717, 1.165) is 0 Å². The zero-order chi connectivity index (χ0) is 12.3. The maximum absolute atomic E-state index is 11.1. The minimum atomic E-state index is -0.706. The third-order valence-electron chi connectivity index (χ3n) is 2.05. The lowest BCUT2D eigenvalue weighted by Gasteiger charge is -2.11. The molecule has 0 aliphatic carbocycles. The van der Waals surface area contributed by atoms with E-state index in [2.05, 4.69) is 0 Å². The topological polar surface area (TPSA) is 105 Å². The second-order valence-electron chi connectivity index (χ2n) is 2.98.